The summed E-state index contributed by atoms with van der Waals surface area (Å²) in [4.78, 5) is 20.6. The van der Waals surface area contributed by atoms with E-state index in [1.54, 1.807) is 6.07 Å². The van der Waals surface area contributed by atoms with Crippen molar-refractivity contribution in [1.82, 2.24) is 5.43 Å². The number of nitrogens with zero attached hydrogens (tertiary/aromatic N) is 1. The summed E-state index contributed by atoms with van der Waals surface area (Å²) in [5, 5.41) is 10.5. The second kappa shape index (κ2) is 3.08. The number of nitrogens with one attached hydrogen (secondary N) is 2. The van der Waals surface area contributed by atoms with Gasteiger partial charge in [0, 0.05) is 17.7 Å². The van der Waals surface area contributed by atoms with Gasteiger partial charge in [-0.3, -0.25) is 10.1 Å². The van der Waals surface area contributed by atoms with Gasteiger partial charge in [-0.25, -0.2) is 5.43 Å². The molecule has 2 N–H and O–H groups in total. The van der Waals surface area contributed by atoms with Gasteiger partial charge >= 0.3 is 0 Å². The molecular formula is C8H7N3O3. The SMILES string of the molecule is O=CC1NNc2ccc([N+](=O)[O-])cc21. The summed E-state index contributed by atoms with van der Waals surface area (Å²) in [6.45, 7) is 0. The Bertz CT molecular complexity index is 405. The monoisotopic (exact) mass is 193 g/mol. The summed E-state index contributed by atoms with van der Waals surface area (Å²) in [5.74, 6) is 0. The first-order chi connectivity index (χ1) is 6.72. The minimum atomic E-state index is -0.509. The van der Waals surface area contributed by atoms with Crippen LogP contribution in [0.3, 0.4) is 0 Å². The van der Waals surface area contributed by atoms with E-state index in [2.05, 4.69) is 10.9 Å². The highest BCUT2D eigenvalue weighted by atomic mass is 16.6. The molecule has 0 saturated carbocycles. The summed E-state index contributed by atoms with van der Waals surface area (Å²) in [6, 6.07) is 3.84. The molecular weight excluding hydrogens is 186 g/mol. The van der Waals surface area contributed by atoms with E-state index in [9.17, 15) is 14.9 Å². The van der Waals surface area contributed by atoms with E-state index < -0.39 is 11.0 Å². The lowest BCUT2D eigenvalue weighted by Gasteiger charge is -1.99. The second-order valence-electron chi connectivity index (χ2n) is 2.91. The third-order valence-electron chi connectivity index (χ3n) is 2.08. The average molecular weight is 193 g/mol. The van der Waals surface area contributed by atoms with Crippen LogP contribution in [0.5, 0.6) is 0 Å². The van der Waals surface area contributed by atoms with E-state index in [1.165, 1.54) is 12.1 Å². The van der Waals surface area contributed by atoms with E-state index in [-0.39, 0.29) is 5.69 Å². The first kappa shape index (κ1) is 8.64. The van der Waals surface area contributed by atoms with Crippen molar-refractivity contribution in [3.8, 4) is 0 Å². The van der Waals surface area contributed by atoms with Crippen molar-refractivity contribution in [2.24, 2.45) is 0 Å². The zero-order chi connectivity index (χ0) is 10.1. The molecule has 14 heavy (non-hydrogen) atoms. The van der Waals surface area contributed by atoms with Crippen molar-refractivity contribution in [2.45, 2.75) is 6.04 Å². The molecule has 0 spiro atoms. The highest BCUT2D eigenvalue weighted by Crippen LogP contribution is 2.30. The Kier molecular flexibility index (Phi) is 1.90. The molecule has 6 heteroatoms. The van der Waals surface area contributed by atoms with Crippen molar-refractivity contribution < 1.29 is 9.72 Å². The third-order valence-corrected chi connectivity index (χ3v) is 2.08. The molecule has 1 aliphatic heterocycles. The quantitative estimate of drug-likeness (QED) is 0.411. The van der Waals surface area contributed by atoms with Crippen molar-refractivity contribution in [2.75, 3.05) is 5.43 Å². The minimum absolute atomic E-state index is 0.0129. The van der Waals surface area contributed by atoms with Gasteiger partial charge in [0.2, 0.25) is 0 Å². The van der Waals surface area contributed by atoms with Gasteiger partial charge in [0.25, 0.3) is 5.69 Å². The van der Waals surface area contributed by atoms with E-state index in [0.717, 1.165) is 0 Å². The van der Waals surface area contributed by atoms with Crippen molar-refractivity contribution in [1.29, 1.82) is 0 Å². The number of benzene rings is 1. The number of rotatable bonds is 2. The van der Waals surface area contributed by atoms with Crippen molar-refractivity contribution in [3.63, 3.8) is 0 Å². The molecule has 1 heterocycles. The van der Waals surface area contributed by atoms with E-state index in [0.29, 0.717) is 17.5 Å². The lowest BCUT2D eigenvalue weighted by molar-refractivity contribution is -0.384. The molecule has 1 aromatic rings. The van der Waals surface area contributed by atoms with Gasteiger partial charge in [-0.15, -0.1) is 0 Å². The molecule has 0 aliphatic carbocycles. The zero-order valence-corrected chi connectivity index (χ0v) is 7.06. The van der Waals surface area contributed by atoms with Crippen LogP contribution in [0.4, 0.5) is 11.4 Å². The van der Waals surface area contributed by atoms with Gasteiger partial charge in [-0.1, -0.05) is 0 Å². The van der Waals surface area contributed by atoms with Crippen LogP contribution in [0, 0.1) is 10.1 Å². The third kappa shape index (κ3) is 1.21. The van der Waals surface area contributed by atoms with Crippen LogP contribution in [0.25, 0.3) is 0 Å². The van der Waals surface area contributed by atoms with Crippen LogP contribution in [-0.2, 0) is 4.79 Å². The van der Waals surface area contributed by atoms with Gasteiger partial charge in [0.15, 0.2) is 0 Å². The molecule has 1 aromatic carbocycles. The predicted molar refractivity (Wildman–Crippen MR) is 48.7 cm³/mol. The Balaban J connectivity index is 2.47. The summed E-state index contributed by atoms with van der Waals surface area (Å²) in [7, 11) is 0. The van der Waals surface area contributed by atoms with E-state index in [4.69, 9.17) is 0 Å². The number of nitro benzene ring substituents is 1. The molecule has 6 nitrogen and oxygen atoms in total. The van der Waals surface area contributed by atoms with Gasteiger partial charge < -0.3 is 10.2 Å². The fraction of sp³-hybridized carbons (Fsp3) is 0.125. The largest absolute Gasteiger partial charge is 0.320 e. The summed E-state index contributed by atoms with van der Waals surface area (Å²) >= 11 is 0. The number of non-ortho nitro benzene ring substituents is 1. The molecule has 72 valence electrons. The second-order valence-corrected chi connectivity index (χ2v) is 2.91. The number of hydrazine groups is 1. The number of nitro groups is 1. The number of carbonyl (C=O) groups is 1. The van der Waals surface area contributed by atoms with Gasteiger partial charge in [0.05, 0.1) is 10.6 Å². The Morgan fingerprint density at radius 2 is 2.29 bits per heavy atom. The van der Waals surface area contributed by atoms with Crippen LogP contribution >= 0.6 is 0 Å². The number of anilines is 1. The molecule has 0 bridgehead atoms. The Morgan fingerprint density at radius 3 is 2.93 bits per heavy atom. The molecule has 0 aromatic heterocycles. The van der Waals surface area contributed by atoms with E-state index >= 15 is 0 Å². The Morgan fingerprint density at radius 1 is 1.50 bits per heavy atom. The summed E-state index contributed by atoms with van der Waals surface area (Å²) < 4.78 is 0. The summed E-state index contributed by atoms with van der Waals surface area (Å²) in [5.41, 5.74) is 6.76. The van der Waals surface area contributed by atoms with Crippen LogP contribution in [-0.4, -0.2) is 11.2 Å². The topological polar surface area (TPSA) is 84.3 Å². The van der Waals surface area contributed by atoms with Crippen LogP contribution in [0.1, 0.15) is 11.6 Å². The molecule has 1 unspecified atom stereocenters. The highest BCUT2D eigenvalue weighted by Gasteiger charge is 2.23. The minimum Gasteiger partial charge on any atom is -0.320 e. The van der Waals surface area contributed by atoms with Crippen LogP contribution in [0.2, 0.25) is 0 Å². The van der Waals surface area contributed by atoms with E-state index in [1.807, 2.05) is 0 Å². The number of carbonyl (C=O) groups excluding carboxylic acids is 1. The number of hydrogen-bond donors (Lipinski definition) is 2. The van der Waals surface area contributed by atoms with Gasteiger partial charge in [0.1, 0.15) is 12.3 Å². The maximum Gasteiger partial charge on any atom is 0.269 e. The van der Waals surface area contributed by atoms with Gasteiger partial charge in [-0.05, 0) is 6.07 Å². The predicted octanol–water partition coefficient (Wildman–Crippen LogP) is 0.765. The molecule has 0 amide bonds. The molecule has 0 fully saturated rings. The fourth-order valence-corrected chi connectivity index (χ4v) is 1.38. The fourth-order valence-electron chi connectivity index (χ4n) is 1.38. The summed E-state index contributed by atoms with van der Waals surface area (Å²) in [6.07, 6.45) is 0.697. The lowest BCUT2D eigenvalue weighted by Crippen LogP contribution is -2.19. The smallest absolute Gasteiger partial charge is 0.269 e. The highest BCUT2D eigenvalue weighted by molar-refractivity contribution is 5.72. The molecule has 2 rings (SSSR count). The molecule has 0 radical (unpaired) electrons. The Hall–Kier alpha value is -1.95. The lowest BCUT2D eigenvalue weighted by atomic mass is 10.1. The standard InChI is InChI=1S/C8H7N3O3/c12-4-8-6-3-5(11(13)14)1-2-7(6)9-10-8/h1-4,8-10H. The molecule has 1 aliphatic rings. The first-order valence-electron chi connectivity index (χ1n) is 3.97. The van der Waals surface area contributed by atoms with Gasteiger partial charge in [-0.2, -0.15) is 0 Å². The van der Waals surface area contributed by atoms with Crippen molar-refractivity contribution in [3.05, 3.63) is 33.9 Å². The average Bonchev–Trinajstić information content (AvgIpc) is 2.59. The number of hydrogen-bond acceptors (Lipinski definition) is 5. The maximum absolute atomic E-state index is 10.6. The zero-order valence-electron chi connectivity index (χ0n) is 7.06. The molecule has 0 saturated heterocycles. The maximum atomic E-state index is 10.6. The first-order valence-corrected chi connectivity index (χ1v) is 3.97. The molecule has 1 atom stereocenters. The van der Waals surface area contributed by atoms with Crippen LogP contribution < -0.4 is 10.9 Å². The van der Waals surface area contributed by atoms with Crippen LogP contribution in [0.15, 0.2) is 18.2 Å². The number of aldehydes is 1. The van der Waals surface area contributed by atoms with Crippen molar-refractivity contribution >= 4 is 17.7 Å². The number of fused-ring (bicyclic) bond motifs is 1. The normalized spacial score (nSPS) is 18.4. The Labute approximate surface area is 79.0 Å².